The Kier molecular flexibility index (Phi) is 5.49. The summed E-state index contributed by atoms with van der Waals surface area (Å²) in [6, 6.07) is 15.3. The van der Waals surface area contributed by atoms with Crippen molar-refractivity contribution in [1.82, 2.24) is 0 Å². The van der Waals surface area contributed by atoms with Crippen molar-refractivity contribution >= 4 is 50.4 Å². The monoisotopic (exact) mass is 483 g/mol. The first-order chi connectivity index (χ1) is 14.4. The molecular formula is C23H18BrNO4S. The number of aryl methyl sites for hydroxylation is 1. The normalized spacial score (nSPS) is 18.1. The van der Waals surface area contributed by atoms with Gasteiger partial charge in [0.15, 0.2) is 0 Å². The fourth-order valence-electron chi connectivity index (χ4n) is 3.57. The number of Topliss-reactive ketones (excluding diaryl/α,β-unsaturated/α-hetero) is 1. The van der Waals surface area contributed by atoms with Gasteiger partial charge in [0.05, 0.1) is 17.2 Å². The van der Waals surface area contributed by atoms with Crippen molar-refractivity contribution in [1.29, 1.82) is 0 Å². The Morgan fingerprint density at radius 3 is 2.47 bits per heavy atom. The highest BCUT2D eigenvalue weighted by Crippen LogP contribution is 2.45. The molecular weight excluding hydrogens is 466 g/mol. The third-order valence-electron chi connectivity index (χ3n) is 5.05. The number of halogens is 1. The lowest BCUT2D eigenvalue weighted by Crippen LogP contribution is -2.29. The Morgan fingerprint density at radius 1 is 1.13 bits per heavy atom. The standard InChI is InChI=1S/C23H18BrNO4S/c1-13-10-11-30-22(13)19-18(20(26)14-8-9-17(29-2)16(24)12-14)21(27)23(28)25(19)15-6-4-3-5-7-15/h3-12,19,26H,1-2H3/b20-18-. The van der Waals surface area contributed by atoms with E-state index in [1.165, 1.54) is 16.2 Å². The zero-order valence-electron chi connectivity index (χ0n) is 16.3. The second-order valence-electron chi connectivity index (χ2n) is 6.82. The second kappa shape index (κ2) is 8.08. The number of nitrogens with zero attached hydrogens (tertiary/aromatic N) is 1. The van der Waals surface area contributed by atoms with E-state index in [1.54, 1.807) is 37.4 Å². The number of aliphatic hydroxyl groups excluding tert-OH is 1. The summed E-state index contributed by atoms with van der Waals surface area (Å²) in [7, 11) is 1.55. The van der Waals surface area contributed by atoms with Gasteiger partial charge in [-0.3, -0.25) is 14.5 Å². The molecule has 5 nitrogen and oxygen atoms in total. The lowest BCUT2D eigenvalue weighted by molar-refractivity contribution is -0.132. The van der Waals surface area contributed by atoms with Gasteiger partial charge in [0.25, 0.3) is 11.7 Å². The van der Waals surface area contributed by atoms with Crippen LogP contribution in [0.1, 0.15) is 22.0 Å². The van der Waals surface area contributed by atoms with Crippen LogP contribution in [0.25, 0.3) is 5.76 Å². The number of ether oxygens (including phenoxy) is 1. The molecule has 2 aromatic carbocycles. The summed E-state index contributed by atoms with van der Waals surface area (Å²) in [6.07, 6.45) is 0. The summed E-state index contributed by atoms with van der Waals surface area (Å²) in [5, 5.41) is 13.1. The molecule has 1 saturated heterocycles. The van der Waals surface area contributed by atoms with Gasteiger partial charge in [0.2, 0.25) is 0 Å². The zero-order chi connectivity index (χ0) is 21.4. The first-order valence-electron chi connectivity index (χ1n) is 9.18. The van der Waals surface area contributed by atoms with Crippen molar-refractivity contribution in [3.8, 4) is 5.75 Å². The molecule has 1 fully saturated rings. The van der Waals surface area contributed by atoms with Crippen LogP contribution in [-0.4, -0.2) is 23.9 Å². The fraction of sp³-hybridized carbons (Fsp3) is 0.130. The molecule has 4 rings (SSSR count). The highest BCUT2D eigenvalue weighted by molar-refractivity contribution is 9.10. The summed E-state index contributed by atoms with van der Waals surface area (Å²) in [4.78, 5) is 28.4. The van der Waals surface area contributed by atoms with Crippen LogP contribution in [0.15, 0.2) is 70.0 Å². The Labute approximate surface area is 186 Å². The van der Waals surface area contributed by atoms with E-state index >= 15 is 0 Å². The molecule has 0 bridgehead atoms. The van der Waals surface area contributed by atoms with Crippen LogP contribution in [0.5, 0.6) is 5.75 Å². The molecule has 1 unspecified atom stereocenters. The number of methoxy groups -OCH3 is 1. The van der Waals surface area contributed by atoms with Crippen molar-refractivity contribution < 1.29 is 19.4 Å². The summed E-state index contributed by atoms with van der Waals surface area (Å²) in [5.74, 6) is -0.982. The Morgan fingerprint density at radius 2 is 1.87 bits per heavy atom. The first-order valence-corrected chi connectivity index (χ1v) is 10.8. The van der Waals surface area contributed by atoms with Crippen LogP contribution >= 0.6 is 27.3 Å². The molecule has 1 aromatic heterocycles. The van der Waals surface area contributed by atoms with Crippen molar-refractivity contribution in [2.45, 2.75) is 13.0 Å². The fourth-order valence-corrected chi connectivity index (χ4v) is 5.13. The molecule has 1 N–H and O–H groups in total. The molecule has 152 valence electrons. The van der Waals surface area contributed by atoms with Gasteiger partial charge in [-0.2, -0.15) is 0 Å². The number of rotatable bonds is 4. The number of hydrogen-bond acceptors (Lipinski definition) is 5. The van der Waals surface area contributed by atoms with Gasteiger partial charge in [0.1, 0.15) is 17.6 Å². The predicted molar refractivity (Wildman–Crippen MR) is 121 cm³/mol. The number of anilines is 1. The molecule has 1 aliphatic rings. The molecule has 0 spiro atoms. The summed E-state index contributed by atoms with van der Waals surface area (Å²) < 4.78 is 5.88. The number of carbonyl (C=O) groups is 2. The minimum atomic E-state index is -0.707. The van der Waals surface area contributed by atoms with Crippen molar-refractivity contribution in [2.75, 3.05) is 12.0 Å². The summed E-state index contributed by atoms with van der Waals surface area (Å²) in [6.45, 7) is 1.93. The third kappa shape index (κ3) is 3.34. The van der Waals surface area contributed by atoms with Crippen molar-refractivity contribution in [2.24, 2.45) is 0 Å². The number of benzene rings is 2. The number of para-hydroxylation sites is 1. The largest absolute Gasteiger partial charge is 0.507 e. The minimum Gasteiger partial charge on any atom is -0.507 e. The van der Waals surface area contributed by atoms with Crippen LogP contribution in [0.3, 0.4) is 0 Å². The van der Waals surface area contributed by atoms with Crippen molar-refractivity contribution in [3.63, 3.8) is 0 Å². The quantitative estimate of drug-likeness (QED) is 0.304. The molecule has 2 heterocycles. The molecule has 0 radical (unpaired) electrons. The maximum atomic E-state index is 13.1. The average Bonchev–Trinajstić information content (AvgIpc) is 3.28. The highest BCUT2D eigenvalue weighted by Gasteiger charge is 2.47. The Balaban J connectivity index is 1.94. The van der Waals surface area contributed by atoms with Gasteiger partial charge in [-0.1, -0.05) is 18.2 Å². The lowest BCUT2D eigenvalue weighted by Gasteiger charge is -2.25. The van der Waals surface area contributed by atoms with E-state index in [2.05, 4.69) is 15.9 Å². The molecule has 7 heteroatoms. The topological polar surface area (TPSA) is 66.8 Å². The number of thiophene rings is 1. The van der Waals surface area contributed by atoms with Gasteiger partial charge in [-0.15, -0.1) is 11.3 Å². The predicted octanol–water partition coefficient (Wildman–Crippen LogP) is 5.45. The summed E-state index contributed by atoms with van der Waals surface area (Å²) in [5.41, 5.74) is 2.06. The minimum absolute atomic E-state index is 0.0754. The molecule has 1 atom stereocenters. The first kappa shape index (κ1) is 20.4. The molecule has 3 aromatic rings. The van der Waals surface area contributed by atoms with E-state index in [1.807, 2.05) is 36.6 Å². The van der Waals surface area contributed by atoms with Gasteiger partial charge in [0, 0.05) is 16.1 Å². The van der Waals surface area contributed by atoms with E-state index in [0.29, 0.717) is 21.5 Å². The number of amides is 1. The van der Waals surface area contributed by atoms with E-state index in [-0.39, 0.29) is 11.3 Å². The van der Waals surface area contributed by atoms with Crippen molar-refractivity contribution in [3.05, 3.63) is 86.0 Å². The molecule has 1 amide bonds. The van der Waals surface area contributed by atoms with Crippen LogP contribution in [0.4, 0.5) is 5.69 Å². The Bertz CT molecular complexity index is 1170. The number of carbonyl (C=O) groups excluding carboxylic acids is 2. The smallest absolute Gasteiger partial charge is 0.300 e. The van der Waals surface area contributed by atoms with Crippen LogP contribution in [0.2, 0.25) is 0 Å². The lowest BCUT2D eigenvalue weighted by atomic mass is 9.98. The maximum Gasteiger partial charge on any atom is 0.300 e. The van der Waals surface area contributed by atoms with Crippen LogP contribution < -0.4 is 9.64 Å². The SMILES string of the molecule is COc1ccc(/C(O)=C2/C(=O)C(=O)N(c3ccccc3)C2c2sccc2C)cc1Br. The maximum absolute atomic E-state index is 13.1. The van der Waals surface area contributed by atoms with E-state index in [0.717, 1.165) is 10.4 Å². The summed E-state index contributed by atoms with van der Waals surface area (Å²) >= 11 is 4.86. The number of ketones is 1. The second-order valence-corrected chi connectivity index (χ2v) is 8.62. The highest BCUT2D eigenvalue weighted by atomic mass is 79.9. The van der Waals surface area contributed by atoms with Gasteiger partial charge in [-0.05, 0) is 70.2 Å². The molecule has 0 aliphatic carbocycles. The van der Waals surface area contributed by atoms with E-state index < -0.39 is 17.7 Å². The van der Waals surface area contributed by atoms with Crippen LogP contribution in [0, 0.1) is 6.92 Å². The Hall–Kier alpha value is -2.90. The van der Waals surface area contributed by atoms with Gasteiger partial charge >= 0.3 is 0 Å². The van der Waals surface area contributed by atoms with Crippen LogP contribution in [-0.2, 0) is 9.59 Å². The van der Waals surface area contributed by atoms with Gasteiger partial charge < -0.3 is 9.84 Å². The average molecular weight is 484 g/mol. The molecule has 0 saturated carbocycles. The zero-order valence-corrected chi connectivity index (χ0v) is 18.7. The van der Waals surface area contributed by atoms with E-state index in [9.17, 15) is 14.7 Å². The number of hydrogen-bond donors (Lipinski definition) is 1. The number of aliphatic hydroxyl groups is 1. The molecule has 30 heavy (non-hydrogen) atoms. The molecule has 1 aliphatic heterocycles. The third-order valence-corrected chi connectivity index (χ3v) is 6.75. The van der Waals surface area contributed by atoms with Gasteiger partial charge in [-0.25, -0.2) is 0 Å². The van der Waals surface area contributed by atoms with E-state index in [4.69, 9.17) is 4.74 Å².